The summed E-state index contributed by atoms with van der Waals surface area (Å²) in [6, 6.07) is 3.48. The van der Waals surface area contributed by atoms with Crippen molar-refractivity contribution >= 4 is 34.8 Å². The number of carbonyl (C=O) groups excluding carboxylic acids is 1. The number of anilines is 1. The Labute approximate surface area is 109 Å². The van der Waals surface area contributed by atoms with Crippen LogP contribution in [0.3, 0.4) is 0 Å². The van der Waals surface area contributed by atoms with Crippen molar-refractivity contribution in [1.82, 2.24) is 10.2 Å². The Bertz CT molecular complexity index is 506. The predicted octanol–water partition coefficient (Wildman–Crippen LogP) is 2.02. The van der Waals surface area contributed by atoms with Crippen molar-refractivity contribution in [3.63, 3.8) is 0 Å². The second-order valence-corrected chi connectivity index (χ2v) is 5.08. The summed E-state index contributed by atoms with van der Waals surface area (Å²) in [6.45, 7) is 2.49. The van der Waals surface area contributed by atoms with Crippen molar-refractivity contribution in [1.29, 1.82) is 0 Å². The number of nitrogens with one attached hydrogen (secondary N) is 2. The molecule has 2 N–H and O–H groups in total. The standard InChI is InChI=1S/C11H11Cl2N3O/c1-5-10(17)15-11-14-8-3-2-7(12)9(13)6(8)4-16(5)11/h2-3,5,11,14H,4H2,1H3,(H,15,17). The summed E-state index contributed by atoms with van der Waals surface area (Å²) in [6.07, 6.45) is -0.151. The normalized spacial score (nSPS) is 27.1. The quantitative estimate of drug-likeness (QED) is 0.759. The molecule has 6 heteroatoms. The SMILES string of the molecule is CC1C(=O)NC2Nc3ccc(Cl)c(Cl)c3CN21. The number of nitrogens with zero attached hydrogens (tertiary/aromatic N) is 1. The summed E-state index contributed by atoms with van der Waals surface area (Å²) in [5, 5.41) is 7.21. The molecule has 0 spiro atoms. The molecule has 1 aromatic rings. The van der Waals surface area contributed by atoms with E-state index in [0.717, 1.165) is 11.3 Å². The highest BCUT2D eigenvalue weighted by Gasteiger charge is 2.40. The molecule has 17 heavy (non-hydrogen) atoms. The minimum Gasteiger partial charge on any atom is -0.352 e. The molecule has 0 radical (unpaired) electrons. The summed E-state index contributed by atoms with van der Waals surface area (Å²) in [5.41, 5.74) is 1.87. The average molecular weight is 272 g/mol. The molecule has 0 saturated carbocycles. The van der Waals surface area contributed by atoms with Gasteiger partial charge >= 0.3 is 0 Å². The first-order chi connectivity index (χ1) is 8.08. The highest BCUT2D eigenvalue weighted by molar-refractivity contribution is 6.42. The zero-order valence-corrected chi connectivity index (χ0v) is 10.6. The molecular formula is C11H11Cl2N3O. The number of benzene rings is 1. The molecule has 90 valence electrons. The molecule has 0 aliphatic carbocycles. The van der Waals surface area contributed by atoms with Gasteiger partial charge in [0.05, 0.1) is 16.1 Å². The van der Waals surface area contributed by atoms with Crippen LogP contribution in [0, 0.1) is 0 Å². The average Bonchev–Trinajstić information content (AvgIpc) is 2.58. The van der Waals surface area contributed by atoms with E-state index in [-0.39, 0.29) is 18.2 Å². The fraction of sp³-hybridized carbons (Fsp3) is 0.364. The summed E-state index contributed by atoms with van der Waals surface area (Å²) >= 11 is 12.2. The largest absolute Gasteiger partial charge is 0.352 e. The van der Waals surface area contributed by atoms with Crippen LogP contribution in [0.2, 0.25) is 10.0 Å². The van der Waals surface area contributed by atoms with E-state index >= 15 is 0 Å². The lowest BCUT2D eigenvalue weighted by molar-refractivity contribution is -0.121. The zero-order valence-electron chi connectivity index (χ0n) is 9.13. The number of halogens is 2. The van der Waals surface area contributed by atoms with Crippen molar-refractivity contribution in [2.45, 2.75) is 25.8 Å². The highest BCUT2D eigenvalue weighted by atomic mass is 35.5. The third-order valence-corrected chi connectivity index (χ3v) is 4.16. The Morgan fingerprint density at radius 1 is 1.35 bits per heavy atom. The van der Waals surface area contributed by atoms with Crippen LogP contribution in [0.1, 0.15) is 12.5 Å². The Morgan fingerprint density at radius 2 is 2.12 bits per heavy atom. The number of amides is 1. The number of rotatable bonds is 0. The van der Waals surface area contributed by atoms with Gasteiger partial charge in [-0.05, 0) is 19.1 Å². The Balaban J connectivity index is 2.03. The Morgan fingerprint density at radius 3 is 2.88 bits per heavy atom. The molecule has 3 rings (SSSR count). The molecule has 1 saturated heterocycles. The molecular weight excluding hydrogens is 261 g/mol. The summed E-state index contributed by atoms with van der Waals surface area (Å²) in [4.78, 5) is 13.6. The van der Waals surface area contributed by atoms with Crippen molar-refractivity contribution in [2.75, 3.05) is 5.32 Å². The maximum atomic E-state index is 11.6. The zero-order chi connectivity index (χ0) is 12.2. The minimum atomic E-state index is -0.157. The van der Waals surface area contributed by atoms with Crippen LogP contribution in [-0.2, 0) is 11.3 Å². The van der Waals surface area contributed by atoms with Crippen molar-refractivity contribution < 1.29 is 4.79 Å². The second kappa shape index (κ2) is 3.77. The van der Waals surface area contributed by atoms with Gasteiger partial charge in [-0.15, -0.1) is 0 Å². The van der Waals surface area contributed by atoms with Gasteiger partial charge in [-0.1, -0.05) is 23.2 Å². The van der Waals surface area contributed by atoms with Gasteiger partial charge in [0.25, 0.3) is 0 Å². The number of carbonyl (C=O) groups is 1. The van der Waals surface area contributed by atoms with E-state index in [1.54, 1.807) is 6.07 Å². The summed E-state index contributed by atoms with van der Waals surface area (Å²) in [5.74, 6) is 0.0255. The van der Waals surface area contributed by atoms with E-state index < -0.39 is 0 Å². The van der Waals surface area contributed by atoms with Crippen LogP contribution in [0.5, 0.6) is 0 Å². The lowest BCUT2D eigenvalue weighted by Gasteiger charge is -2.34. The van der Waals surface area contributed by atoms with E-state index in [1.807, 2.05) is 17.9 Å². The van der Waals surface area contributed by atoms with E-state index in [0.29, 0.717) is 16.6 Å². The molecule has 2 atom stereocenters. The van der Waals surface area contributed by atoms with E-state index in [4.69, 9.17) is 23.2 Å². The lowest BCUT2D eigenvalue weighted by Crippen LogP contribution is -2.46. The van der Waals surface area contributed by atoms with Crippen LogP contribution < -0.4 is 10.6 Å². The van der Waals surface area contributed by atoms with E-state index in [1.165, 1.54) is 0 Å². The first-order valence-corrected chi connectivity index (χ1v) is 6.13. The Kier molecular flexibility index (Phi) is 2.47. The maximum Gasteiger partial charge on any atom is 0.239 e. The molecule has 1 fully saturated rings. The van der Waals surface area contributed by atoms with Gasteiger partial charge in [0.15, 0.2) is 6.29 Å². The van der Waals surface area contributed by atoms with Crippen LogP contribution in [-0.4, -0.2) is 23.1 Å². The summed E-state index contributed by atoms with van der Waals surface area (Å²) < 4.78 is 0. The first kappa shape index (κ1) is 11.1. The first-order valence-electron chi connectivity index (χ1n) is 5.37. The molecule has 2 aliphatic rings. The molecule has 1 amide bonds. The van der Waals surface area contributed by atoms with Gasteiger partial charge in [-0.2, -0.15) is 0 Å². The van der Waals surface area contributed by atoms with Gasteiger partial charge in [-0.3, -0.25) is 9.69 Å². The van der Waals surface area contributed by atoms with E-state index in [9.17, 15) is 4.79 Å². The van der Waals surface area contributed by atoms with E-state index in [2.05, 4.69) is 10.6 Å². The third kappa shape index (κ3) is 1.59. The molecule has 4 nitrogen and oxygen atoms in total. The number of hydrogen-bond acceptors (Lipinski definition) is 3. The van der Waals surface area contributed by atoms with Gasteiger partial charge < -0.3 is 10.6 Å². The molecule has 0 aromatic heterocycles. The van der Waals surface area contributed by atoms with Crippen molar-refractivity contribution in [3.8, 4) is 0 Å². The van der Waals surface area contributed by atoms with Crippen LogP contribution >= 0.6 is 23.2 Å². The third-order valence-electron chi connectivity index (χ3n) is 3.32. The van der Waals surface area contributed by atoms with Crippen LogP contribution in [0.25, 0.3) is 0 Å². The van der Waals surface area contributed by atoms with Gasteiger partial charge in [0, 0.05) is 17.8 Å². The minimum absolute atomic E-state index is 0.0255. The molecule has 1 aromatic carbocycles. The monoisotopic (exact) mass is 271 g/mol. The molecule has 2 heterocycles. The molecule has 2 aliphatic heterocycles. The predicted molar refractivity (Wildman–Crippen MR) is 67.0 cm³/mol. The maximum absolute atomic E-state index is 11.6. The van der Waals surface area contributed by atoms with Crippen LogP contribution in [0.4, 0.5) is 5.69 Å². The smallest absolute Gasteiger partial charge is 0.239 e. The Hall–Kier alpha value is -0.970. The lowest BCUT2D eigenvalue weighted by atomic mass is 10.1. The fourth-order valence-electron chi connectivity index (χ4n) is 2.27. The molecule has 2 unspecified atom stereocenters. The van der Waals surface area contributed by atoms with Crippen molar-refractivity contribution in [3.05, 3.63) is 27.7 Å². The van der Waals surface area contributed by atoms with Gasteiger partial charge in [-0.25, -0.2) is 0 Å². The second-order valence-electron chi connectivity index (χ2n) is 4.29. The van der Waals surface area contributed by atoms with Crippen LogP contribution in [0.15, 0.2) is 12.1 Å². The highest BCUT2D eigenvalue weighted by Crippen LogP contribution is 2.37. The number of hydrogen-bond donors (Lipinski definition) is 2. The topological polar surface area (TPSA) is 44.4 Å². The van der Waals surface area contributed by atoms with Gasteiger partial charge in [0.2, 0.25) is 5.91 Å². The fourth-order valence-corrected chi connectivity index (χ4v) is 2.67. The van der Waals surface area contributed by atoms with Gasteiger partial charge in [0.1, 0.15) is 0 Å². The van der Waals surface area contributed by atoms with Crippen molar-refractivity contribution in [2.24, 2.45) is 0 Å². The summed E-state index contributed by atoms with van der Waals surface area (Å²) in [7, 11) is 0. The molecule has 0 bridgehead atoms. The number of fused-ring (bicyclic) bond motifs is 2.